The summed E-state index contributed by atoms with van der Waals surface area (Å²) in [6.07, 6.45) is 3.56. The highest BCUT2D eigenvalue weighted by Gasteiger charge is 2.13. The number of carbonyl (C=O) groups is 2. The van der Waals surface area contributed by atoms with Crippen LogP contribution in [0.1, 0.15) is 41.5 Å². The van der Waals surface area contributed by atoms with E-state index in [0.29, 0.717) is 23.1 Å². The number of benzene rings is 3. The lowest BCUT2D eigenvalue weighted by molar-refractivity contribution is -0.118. The average molecular weight is 544 g/mol. The van der Waals surface area contributed by atoms with E-state index in [2.05, 4.69) is 27.6 Å². The molecule has 0 saturated carbocycles. The van der Waals surface area contributed by atoms with Crippen LogP contribution in [0.4, 0.5) is 0 Å². The second-order valence-electron chi connectivity index (χ2n) is 8.47. The van der Waals surface area contributed by atoms with E-state index in [0.717, 1.165) is 35.7 Å². The number of para-hydroxylation sites is 1. The van der Waals surface area contributed by atoms with Crippen LogP contribution in [0.5, 0.6) is 11.5 Å². The molecule has 0 atom stereocenters. The van der Waals surface area contributed by atoms with Gasteiger partial charge in [0.25, 0.3) is 5.91 Å². The molecule has 39 heavy (non-hydrogen) atoms. The summed E-state index contributed by atoms with van der Waals surface area (Å²) in [4.78, 5) is 24.7. The van der Waals surface area contributed by atoms with Crippen LogP contribution in [0.15, 0.2) is 89.1 Å². The predicted octanol–water partition coefficient (Wildman–Crippen LogP) is 5.22. The number of thioether (sulfide) groups is 1. The fourth-order valence-electron chi connectivity index (χ4n) is 3.46. The van der Waals surface area contributed by atoms with Gasteiger partial charge in [0.05, 0.1) is 24.1 Å². The molecule has 0 aliphatic heterocycles. The summed E-state index contributed by atoms with van der Waals surface area (Å²) < 4.78 is 13.0. The molecule has 0 unspecified atom stereocenters. The number of ether oxygens (including phenoxy) is 2. The molecule has 0 saturated heterocycles. The van der Waals surface area contributed by atoms with Crippen LogP contribution in [0.2, 0.25) is 0 Å². The molecule has 0 aliphatic carbocycles. The van der Waals surface area contributed by atoms with Crippen molar-refractivity contribution in [3.8, 4) is 17.2 Å². The lowest BCUT2D eigenvalue weighted by Gasteiger charge is -2.07. The summed E-state index contributed by atoms with van der Waals surface area (Å²) >= 11 is 1.28. The quantitative estimate of drug-likeness (QED) is 0.0652. The minimum atomic E-state index is -0.459. The molecule has 4 aromatic rings. The molecule has 200 valence electrons. The molecule has 4 rings (SSSR count). The Morgan fingerprint density at radius 3 is 2.41 bits per heavy atom. The van der Waals surface area contributed by atoms with Crippen molar-refractivity contribution in [3.63, 3.8) is 0 Å². The Balaban J connectivity index is 1.23. The highest BCUT2D eigenvalue weighted by atomic mass is 32.2. The molecular weight excluding hydrogens is 514 g/mol. The van der Waals surface area contributed by atoms with Gasteiger partial charge in [0.1, 0.15) is 17.3 Å². The molecule has 1 amide bonds. The molecule has 1 N–H and O–H groups in total. The first-order valence-corrected chi connectivity index (χ1v) is 13.5. The SMILES string of the molecule is CCCCOc1ccc(C(=O)Oc2ccc(/C=N\NC(=O)CSc3nnc(C)n3-c3ccccc3)cc2)cc1. The normalized spacial score (nSPS) is 10.9. The van der Waals surface area contributed by atoms with Gasteiger partial charge in [-0.1, -0.05) is 43.3 Å². The van der Waals surface area contributed by atoms with Crippen LogP contribution in [0.25, 0.3) is 5.69 Å². The van der Waals surface area contributed by atoms with Gasteiger partial charge < -0.3 is 9.47 Å². The Hall–Kier alpha value is -4.44. The minimum absolute atomic E-state index is 0.128. The second-order valence-corrected chi connectivity index (χ2v) is 9.41. The third-order valence-corrected chi connectivity index (χ3v) is 6.42. The zero-order valence-corrected chi connectivity index (χ0v) is 22.6. The summed E-state index contributed by atoms with van der Waals surface area (Å²) in [5.74, 6) is 1.26. The number of hydrogen-bond donors (Lipinski definition) is 1. The van der Waals surface area contributed by atoms with Gasteiger partial charge in [-0.25, -0.2) is 10.2 Å². The van der Waals surface area contributed by atoms with E-state index in [1.54, 1.807) is 48.5 Å². The zero-order valence-electron chi connectivity index (χ0n) is 21.7. The molecule has 9 nitrogen and oxygen atoms in total. The fourth-order valence-corrected chi connectivity index (χ4v) is 4.25. The summed E-state index contributed by atoms with van der Waals surface area (Å²) in [5.41, 5.74) is 4.61. The number of hydrazone groups is 1. The molecule has 0 spiro atoms. The minimum Gasteiger partial charge on any atom is -0.494 e. The molecule has 0 aliphatic rings. The number of rotatable bonds is 12. The number of nitrogens with zero attached hydrogens (tertiary/aromatic N) is 4. The largest absolute Gasteiger partial charge is 0.494 e. The first kappa shape index (κ1) is 27.6. The number of aryl methyl sites for hydroxylation is 1. The van der Waals surface area contributed by atoms with Gasteiger partial charge in [0.15, 0.2) is 5.16 Å². The van der Waals surface area contributed by atoms with Crippen molar-refractivity contribution >= 4 is 29.9 Å². The van der Waals surface area contributed by atoms with Crippen molar-refractivity contribution in [1.29, 1.82) is 0 Å². The average Bonchev–Trinajstić information content (AvgIpc) is 3.34. The first-order chi connectivity index (χ1) is 19.0. The van der Waals surface area contributed by atoms with Crippen LogP contribution in [0.3, 0.4) is 0 Å². The summed E-state index contributed by atoms with van der Waals surface area (Å²) in [6.45, 7) is 4.62. The van der Waals surface area contributed by atoms with Gasteiger partial charge in [0.2, 0.25) is 0 Å². The van der Waals surface area contributed by atoms with Crippen LogP contribution in [-0.2, 0) is 4.79 Å². The first-order valence-electron chi connectivity index (χ1n) is 12.5. The van der Waals surface area contributed by atoms with E-state index in [9.17, 15) is 9.59 Å². The third kappa shape index (κ3) is 8.02. The standard InChI is InChI=1S/C29H29N5O4S/c1-3-4-18-37-25-16-12-23(13-17-25)28(36)38-26-14-10-22(11-15-26)19-30-32-27(35)20-39-29-33-31-21(2)34(29)24-8-6-5-7-9-24/h5-17,19H,3-4,18,20H2,1-2H3,(H,32,35)/b30-19-. The van der Waals surface area contributed by atoms with Crippen LogP contribution in [-0.4, -0.2) is 45.2 Å². The number of nitrogens with one attached hydrogen (secondary N) is 1. The molecular formula is C29H29N5O4S. The van der Waals surface area contributed by atoms with Crippen LogP contribution in [0, 0.1) is 6.92 Å². The van der Waals surface area contributed by atoms with Crippen molar-refractivity contribution in [2.75, 3.05) is 12.4 Å². The molecule has 0 bridgehead atoms. The highest BCUT2D eigenvalue weighted by molar-refractivity contribution is 7.99. The maximum atomic E-state index is 12.4. The smallest absolute Gasteiger partial charge is 0.343 e. The third-order valence-electron chi connectivity index (χ3n) is 5.49. The number of esters is 1. The van der Waals surface area contributed by atoms with Crippen molar-refractivity contribution in [2.24, 2.45) is 5.10 Å². The lowest BCUT2D eigenvalue weighted by atomic mass is 10.2. The Morgan fingerprint density at radius 2 is 1.69 bits per heavy atom. The van der Waals surface area contributed by atoms with Crippen molar-refractivity contribution < 1.29 is 19.1 Å². The summed E-state index contributed by atoms with van der Waals surface area (Å²) in [6, 6.07) is 23.4. The Morgan fingerprint density at radius 1 is 0.974 bits per heavy atom. The topological polar surface area (TPSA) is 108 Å². The predicted molar refractivity (Wildman–Crippen MR) is 151 cm³/mol. The van der Waals surface area contributed by atoms with E-state index in [-0.39, 0.29) is 11.7 Å². The number of hydrogen-bond acceptors (Lipinski definition) is 8. The van der Waals surface area contributed by atoms with Gasteiger partial charge in [0, 0.05) is 5.69 Å². The van der Waals surface area contributed by atoms with E-state index in [1.807, 2.05) is 41.8 Å². The number of unbranched alkanes of at least 4 members (excludes halogenated alkanes) is 1. The Bertz CT molecular complexity index is 1400. The van der Waals surface area contributed by atoms with Crippen molar-refractivity contribution in [1.82, 2.24) is 20.2 Å². The van der Waals surface area contributed by atoms with Crippen LogP contribution >= 0.6 is 11.8 Å². The van der Waals surface area contributed by atoms with Gasteiger partial charge in [-0.3, -0.25) is 9.36 Å². The maximum absolute atomic E-state index is 12.4. The number of amides is 1. The lowest BCUT2D eigenvalue weighted by Crippen LogP contribution is -2.20. The number of carbonyl (C=O) groups excluding carboxylic acids is 2. The molecule has 0 radical (unpaired) electrons. The molecule has 0 fully saturated rings. The highest BCUT2D eigenvalue weighted by Crippen LogP contribution is 2.21. The van der Waals surface area contributed by atoms with Gasteiger partial charge in [-0.2, -0.15) is 5.10 Å². The van der Waals surface area contributed by atoms with E-state index in [4.69, 9.17) is 9.47 Å². The Labute approximate surface area is 231 Å². The van der Waals surface area contributed by atoms with Crippen molar-refractivity contribution in [2.45, 2.75) is 31.8 Å². The molecule has 3 aromatic carbocycles. The molecule has 1 heterocycles. The molecule has 1 aromatic heterocycles. The maximum Gasteiger partial charge on any atom is 0.343 e. The van der Waals surface area contributed by atoms with Crippen molar-refractivity contribution in [3.05, 3.63) is 95.8 Å². The van der Waals surface area contributed by atoms with Gasteiger partial charge >= 0.3 is 5.97 Å². The Kier molecular flexibility index (Phi) is 9.85. The van der Waals surface area contributed by atoms with E-state index >= 15 is 0 Å². The van der Waals surface area contributed by atoms with Gasteiger partial charge in [-0.15, -0.1) is 10.2 Å². The monoisotopic (exact) mass is 543 g/mol. The second kappa shape index (κ2) is 13.9. The van der Waals surface area contributed by atoms with Gasteiger partial charge in [-0.05, 0) is 79.6 Å². The molecule has 10 heteroatoms. The van der Waals surface area contributed by atoms with Crippen LogP contribution < -0.4 is 14.9 Å². The zero-order chi connectivity index (χ0) is 27.5. The summed E-state index contributed by atoms with van der Waals surface area (Å²) in [7, 11) is 0. The van der Waals surface area contributed by atoms with E-state index < -0.39 is 5.97 Å². The fraction of sp³-hybridized carbons (Fsp3) is 0.207. The summed E-state index contributed by atoms with van der Waals surface area (Å²) in [5, 5.41) is 12.9. The van der Waals surface area contributed by atoms with E-state index in [1.165, 1.54) is 18.0 Å². The number of aromatic nitrogens is 3.